The van der Waals surface area contributed by atoms with E-state index in [-0.39, 0.29) is 11.4 Å². The lowest BCUT2D eigenvalue weighted by Crippen LogP contribution is -2.56. The Labute approximate surface area is 111 Å². The summed E-state index contributed by atoms with van der Waals surface area (Å²) in [4.78, 5) is 12.5. The quantitative estimate of drug-likeness (QED) is 0.807. The van der Waals surface area contributed by atoms with Gasteiger partial charge in [-0.05, 0) is 57.4 Å². The molecule has 2 rings (SSSR count). The molecule has 104 valence electrons. The molecule has 2 aliphatic rings. The molecule has 1 amide bonds. The standard InChI is InChI=1S/C15H28N2O/c1-3-9-15(10-4-11-16-15)14(18)17-13-7-5-12(2)6-8-13/h12-13,16H,3-11H2,1-2H3,(H,17,18). The molecule has 1 atom stereocenters. The van der Waals surface area contributed by atoms with Crippen LogP contribution in [-0.4, -0.2) is 24.0 Å². The van der Waals surface area contributed by atoms with E-state index in [1.807, 2.05) is 0 Å². The fourth-order valence-corrected chi connectivity index (χ4v) is 3.48. The second-order valence-corrected chi connectivity index (χ2v) is 6.29. The monoisotopic (exact) mass is 252 g/mol. The van der Waals surface area contributed by atoms with Gasteiger partial charge in [0.1, 0.15) is 0 Å². The molecule has 0 aromatic carbocycles. The van der Waals surface area contributed by atoms with Crippen molar-refractivity contribution in [3.8, 4) is 0 Å². The third-order valence-electron chi connectivity index (χ3n) is 4.71. The fraction of sp³-hybridized carbons (Fsp3) is 0.933. The van der Waals surface area contributed by atoms with Gasteiger partial charge in [-0.2, -0.15) is 0 Å². The average molecular weight is 252 g/mol. The van der Waals surface area contributed by atoms with Crippen LogP contribution in [0.5, 0.6) is 0 Å². The van der Waals surface area contributed by atoms with Crippen LogP contribution in [0.25, 0.3) is 0 Å². The second-order valence-electron chi connectivity index (χ2n) is 6.29. The summed E-state index contributed by atoms with van der Waals surface area (Å²) in [7, 11) is 0. The van der Waals surface area contributed by atoms with Crippen LogP contribution >= 0.6 is 0 Å². The minimum Gasteiger partial charge on any atom is -0.352 e. The zero-order valence-corrected chi connectivity index (χ0v) is 11.9. The predicted molar refractivity (Wildman–Crippen MR) is 74.4 cm³/mol. The van der Waals surface area contributed by atoms with E-state index >= 15 is 0 Å². The molecule has 0 aromatic rings. The molecule has 1 heterocycles. The van der Waals surface area contributed by atoms with E-state index in [2.05, 4.69) is 24.5 Å². The van der Waals surface area contributed by atoms with E-state index in [9.17, 15) is 4.79 Å². The maximum Gasteiger partial charge on any atom is 0.240 e. The predicted octanol–water partition coefficient (Wildman–Crippen LogP) is 2.60. The van der Waals surface area contributed by atoms with E-state index in [1.54, 1.807) is 0 Å². The Morgan fingerprint density at radius 1 is 1.33 bits per heavy atom. The van der Waals surface area contributed by atoms with Gasteiger partial charge in [-0.1, -0.05) is 20.3 Å². The lowest BCUT2D eigenvalue weighted by Gasteiger charge is -2.33. The number of hydrogen-bond acceptors (Lipinski definition) is 2. The van der Waals surface area contributed by atoms with Gasteiger partial charge < -0.3 is 10.6 Å². The van der Waals surface area contributed by atoms with Crippen LogP contribution in [-0.2, 0) is 4.79 Å². The number of carbonyl (C=O) groups is 1. The summed E-state index contributed by atoms with van der Waals surface area (Å²) in [5, 5.41) is 6.76. The maximum atomic E-state index is 12.5. The highest BCUT2D eigenvalue weighted by Gasteiger charge is 2.40. The molecule has 0 spiro atoms. The van der Waals surface area contributed by atoms with Crippen molar-refractivity contribution in [2.24, 2.45) is 5.92 Å². The molecule has 1 saturated carbocycles. The first-order chi connectivity index (χ1) is 8.66. The van der Waals surface area contributed by atoms with E-state index in [1.165, 1.54) is 12.8 Å². The van der Waals surface area contributed by atoms with Crippen molar-refractivity contribution in [3.63, 3.8) is 0 Å². The van der Waals surface area contributed by atoms with Gasteiger partial charge in [0.25, 0.3) is 0 Å². The maximum absolute atomic E-state index is 12.5. The van der Waals surface area contributed by atoms with Crippen molar-refractivity contribution in [1.82, 2.24) is 10.6 Å². The summed E-state index contributed by atoms with van der Waals surface area (Å²) >= 11 is 0. The Kier molecular flexibility index (Phi) is 4.66. The number of rotatable bonds is 4. The van der Waals surface area contributed by atoms with Crippen molar-refractivity contribution < 1.29 is 4.79 Å². The molecule has 2 N–H and O–H groups in total. The smallest absolute Gasteiger partial charge is 0.240 e. The minimum absolute atomic E-state index is 0.252. The lowest BCUT2D eigenvalue weighted by molar-refractivity contribution is -0.128. The third kappa shape index (κ3) is 3.05. The Morgan fingerprint density at radius 2 is 2.06 bits per heavy atom. The van der Waals surface area contributed by atoms with Crippen molar-refractivity contribution in [3.05, 3.63) is 0 Å². The van der Waals surface area contributed by atoms with Crippen molar-refractivity contribution in [2.75, 3.05) is 6.54 Å². The molecule has 18 heavy (non-hydrogen) atoms. The summed E-state index contributed by atoms with van der Waals surface area (Å²) in [5.41, 5.74) is -0.252. The molecule has 0 aromatic heterocycles. The largest absolute Gasteiger partial charge is 0.352 e. The van der Waals surface area contributed by atoms with Gasteiger partial charge in [0.05, 0.1) is 5.54 Å². The average Bonchev–Trinajstić information content (AvgIpc) is 2.82. The Hall–Kier alpha value is -0.570. The van der Waals surface area contributed by atoms with Crippen LogP contribution in [0.15, 0.2) is 0 Å². The second kappa shape index (κ2) is 6.05. The normalized spacial score (nSPS) is 36.6. The lowest BCUT2D eigenvalue weighted by atomic mass is 9.85. The van der Waals surface area contributed by atoms with Gasteiger partial charge in [-0.3, -0.25) is 4.79 Å². The minimum atomic E-state index is -0.252. The number of nitrogens with one attached hydrogen (secondary N) is 2. The van der Waals surface area contributed by atoms with Gasteiger partial charge in [0.15, 0.2) is 0 Å². The first kappa shape index (κ1) is 13.9. The molecule has 0 bridgehead atoms. The molecule has 0 radical (unpaired) electrons. The molecule has 2 fully saturated rings. The van der Waals surface area contributed by atoms with Gasteiger partial charge in [0.2, 0.25) is 5.91 Å². The SMILES string of the molecule is CCCC1(C(=O)NC2CCC(C)CC2)CCCN1. The fourth-order valence-electron chi connectivity index (χ4n) is 3.48. The van der Waals surface area contributed by atoms with Crippen LogP contribution in [0.3, 0.4) is 0 Å². The van der Waals surface area contributed by atoms with Crippen molar-refractivity contribution in [1.29, 1.82) is 0 Å². The van der Waals surface area contributed by atoms with E-state index < -0.39 is 0 Å². The van der Waals surface area contributed by atoms with Gasteiger partial charge in [-0.25, -0.2) is 0 Å². The van der Waals surface area contributed by atoms with Crippen LogP contribution < -0.4 is 10.6 Å². The third-order valence-corrected chi connectivity index (χ3v) is 4.71. The summed E-state index contributed by atoms with van der Waals surface area (Å²) < 4.78 is 0. The van der Waals surface area contributed by atoms with Crippen LogP contribution in [0, 0.1) is 5.92 Å². The van der Waals surface area contributed by atoms with E-state index in [0.29, 0.717) is 6.04 Å². The highest BCUT2D eigenvalue weighted by molar-refractivity contribution is 5.86. The Morgan fingerprint density at radius 3 is 2.61 bits per heavy atom. The van der Waals surface area contributed by atoms with Crippen molar-refractivity contribution >= 4 is 5.91 Å². The molecule has 1 unspecified atom stereocenters. The highest BCUT2D eigenvalue weighted by Crippen LogP contribution is 2.27. The first-order valence-corrected chi connectivity index (χ1v) is 7.72. The molecule has 3 heteroatoms. The van der Waals surface area contributed by atoms with Gasteiger partial charge >= 0.3 is 0 Å². The Bertz CT molecular complexity index is 276. The molecular weight excluding hydrogens is 224 g/mol. The molecule has 1 aliphatic carbocycles. The molecule has 1 saturated heterocycles. The summed E-state index contributed by atoms with van der Waals surface area (Å²) in [5.74, 6) is 1.11. The van der Waals surface area contributed by atoms with Crippen LogP contribution in [0.1, 0.15) is 65.2 Å². The first-order valence-electron chi connectivity index (χ1n) is 7.72. The molecular formula is C15H28N2O. The summed E-state index contributed by atoms with van der Waals surface area (Å²) in [6.45, 7) is 5.47. The van der Waals surface area contributed by atoms with Gasteiger partial charge in [-0.15, -0.1) is 0 Å². The van der Waals surface area contributed by atoms with Crippen LogP contribution in [0.4, 0.5) is 0 Å². The number of carbonyl (C=O) groups excluding carboxylic acids is 1. The number of amides is 1. The molecule has 3 nitrogen and oxygen atoms in total. The molecule has 1 aliphatic heterocycles. The van der Waals surface area contributed by atoms with E-state index in [4.69, 9.17) is 0 Å². The topological polar surface area (TPSA) is 41.1 Å². The summed E-state index contributed by atoms with van der Waals surface area (Å²) in [6.07, 6.45) is 9.04. The number of hydrogen-bond donors (Lipinski definition) is 2. The van der Waals surface area contributed by atoms with Crippen molar-refractivity contribution in [2.45, 2.75) is 76.8 Å². The highest BCUT2D eigenvalue weighted by atomic mass is 16.2. The zero-order valence-electron chi connectivity index (χ0n) is 11.9. The summed E-state index contributed by atoms with van der Waals surface area (Å²) in [6, 6.07) is 0.421. The zero-order chi connectivity index (χ0) is 13.0. The Balaban J connectivity index is 1.89. The van der Waals surface area contributed by atoms with E-state index in [0.717, 1.165) is 51.0 Å². The van der Waals surface area contributed by atoms with Crippen LogP contribution in [0.2, 0.25) is 0 Å². The van der Waals surface area contributed by atoms with Gasteiger partial charge in [0, 0.05) is 6.04 Å².